The average molecular weight is 960 g/mol. The molecular formula is C36H51NNa2O22S2. The fourth-order valence-corrected chi connectivity index (χ4v) is 8.41. The van der Waals surface area contributed by atoms with Crippen LogP contribution in [0.5, 0.6) is 0 Å². The zero-order valence-corrected chi connectivity index (χ0v) is 40.2. The normalized spacial score (nSPS) is 38.6. The molecule has 0 spiro atoms. The minimum atomic E-state index is -5.63. The van der Waals surface area contributed by atoms with Crippen LogP contribution in [-0.4, -0.2) is 186 Å². The molecule has 1 saturated carbocycles. The molecule has 1 aromatic rings. The van der Waals surface area contributed by atoms with Crippen molar-refractivity contribution in [2.75, 3.05) is 26.4 Å². The van der Waals surface area contributed by atoms with Gasteiger partial charge in [0.1, 0.15) is 67.1 Å². The van der Waals surface area contributed by atoms with E-state index >= 15 is 0 Å². The first kappa shape index (κ1) is 56.7. The Morgan fingerprint density at radius 3 is 2.05 bits per heavy atom. The molecule has 4 aliphatic rings. The number of nitrogens with one attached hydrogen (secondary N) is 1. The molecule has 346 valence electrons. The molecule has 23 nitrogen and oxygen atoms in total. The number of hydrogen-bond acceptors (Lipinski definition) is 22. The molecule has 1 unspecified atom stereocenters. The van der Waals surface area contributed by atoms with Gasteiger partial charge in [-0.25, -0.2) is 16.8 Å². The van der Waals surface area contributed by atoms with Crippen LogP contribution < -0.4 is 64.4 Å². The zero-order valence-electron chi connectivity index (χ0n) is 34.5. The molecule has 3 aliphatic heterocycles. The quantitative estimate of drug-likeness (QED) is 0.0223. The van der Waals surface area contributed by atoms with E-state index in [1.54, 1.807) is 6.08 Å². The summed E-state index contributed by atoms with van der Waals surface area (Å²) in [6.45, 7) is 2.31. The van der Waals surface area contributed by atoms with Gasteiger partial charge in [-0.2, -0.15) is 0 Å². The number of rotatable bonds is 18. The third-order valence-electron chi connectivity index (χ3n) is 10.8. The first-order chi connectivity index (χ1) is 28.7. The van der Waals surface area contributed by atoms with Crippen LogP contribution in [0.1, 0.15) is 25.3 Å². The molecule has 0 bridgehead atoms. The van der Waals surface area contributed by atoms with Crippen LogP contribution in [-0.2, 0) is 62.4 Å². The van der Waals surface area contributed by atoms with Crippen molar-refractivity contribution in [1.82, 2.24) is 5.32 Å². The summed E-state index contributed by atoms with van der Waals surface area (Å²) in [5, 5.41) is 77.1. The summed E-state index contributed by atoms with van der Waals surface area (Å²) in [7, 11) is -11.1. The number of carbonyl (C=O) groups is 1. The number of hydrogen-bond donors (Lipinski definition) is 8. The fourth-order valence-electron chi connectivity index (χ4n) is 7.61. The maximum atomic E-state index is 13.3. The average Bonchev–Trinajstić information content (AvgIpc) is 3.64. The van der Waals surface area contributed by atoms with E-state index in [0.29, 0.717) is 12.8 Å². The molecule has 1 aliphatic carbocycles. The SMILES string of the molecule is C=C[C@H]1C[C@@H](/C=C/c2ccccc2)CC1C(=O)NCCO[C@@H]1O[C@H](COS(=O)(=O)[O-])[C@@H](O[C@@H]2O[C@H](CO)[C@H](O)[C@H](OS(=O)(=O)[O-])[C@H]2O)[C@H](O[C@@H]2O[C@@H](C)[C@@H](O)[C@@H](O)[C@@H]2O)[C@H]1O.[Na+].[Na+]. The summed E-state index contributed by atoms with van der Waals surface area (Å²) in [6, 6.07) is 9.62. The molecule has 63 heavy (non-hydrogen) atoms. The number of aliphatic hydroxyl groups excluding tert-OH is 7. The summed E-state index contributed by atoms with van der Waals surface area (Å²) in [4.78, 5) is 13.3. The first-order valence-electron chi connectivity index (χ1n) is 19.2. The van der Waals surface area contributed by atoms with Crippen molar-refractivity contribution in [2.24, 2.45) is 17.8 Å². The van der Waals surface area contributed by atoms with Crippen LogP contribution in [0.25, 0.3) is 6.08 Å². The smallest absolute Gasteiger partial charge is 0.726 e. The van der Waals surface area contributed by atoms with Gasteiger partial charge in [-0.15, -0.1) is 6.58 Å². The minimum absolute atomic E-state index is 0. The molecule has 0 radical (unpaired) electrons. The van der Waals surface area contributed by atoms with Crippen LogP contribution in [0.15, 0.2) is 49.1 Å². The van der Waals surface area contributed by atoms with Crippen molar-refractivity contribution >= 4 is 32.8 Å². The summed E-state index contributed by atoms with van der Waals surface area (Å²) in [5.41, 5.74) is 1.00. The number of allylic oxidation sites excluding steroid dienone is 2. The van der Waals surface area contributed by atoms with Gasteiger partial charge < -0.3 is 78.6 Å². The van der Waals surface area contributed by atoms with Crippen molar-refractivity contribution in [1.29, 1.82) is 0 Å². The molecule has 18 atom stereocenters. The van der Waals surface area contributed by atoms with Gasteiger partial charge >= 0.3 is 59.1 Å². The Kier molecular flexibility index (Phi) is 22.6. The molecule has 1 aromatic carbocycles. The van der Waals surface area contributed by atoms with E-state index in [4.69, 9.17) is 28.4 Å². The number of ether oxygens (including phenoxy) is 6. The standard InChI is InChI=1S/C36H53NO22S2.2Na/c1-3-20-13-19(10-9-18-7-5-4-6-8-18)14-21(20)33(45)37-11-12-52-34-29(44)32(58-35-27(42)26(41)24(39)17(2)54-35)30(23(56-34)16-53-60(46,47)48)57-36-28(43)31(59-61(49,50)51)25(40)22(15-38)55-36;;/h3-10,17,19-32,34-36,38-44H,1,11-16H2,2H3,(H,37,45)(H,46,47,48)(H,49,50,51);;/q;2*+1/p-2/b10-9+;;/t17-,19+,20-,21?,22+,23+,24+,25-,26+,27-,28+,29+,30+,31-,32+,34+,35-,36-;;/m0../s1. The van der Waals surface area contributed by atoms with Gasteiger partial charge in [-0.1, -0.05) is 48.6 Å². The van der Waals surface area contributed by atoms with Gasteiger partial charge in [-0.3, -0.25) is 13.2 Å². The topological polar surface area (TPSA) is 359 Å². The number of amides is 1. The van der Waals surface area contributed by atoms with Crippen LogP contribution >= 0.6 is 0 Å². The monoisotopic (exact) mass is 959 g/mol. The van der Waals surface area contributed by atoms with Gasteiger partial charge in [0.15, 0.2) is 18.9 Å². The maximum absolute atomic E-state index is 13.3. The Balaban J connectivity index is 0.00000528. The molecule has 1 amide bonds. The van der Waals surface area contributed by atoms with Crippen molar-refractivity contribution in [3.05, 3.63) is 54.6 Å². The van der Waals surface area contributed by atoms with Crippen LogP contribution in [0.3, 0.4) is 0 Å². The van der Waals surface area contributed by atoms with Crippen LogP contribution in [0.2, 0.25) is 0 Å². The molecule has 27 heteroatoms. The Morgan fingerprint density at radius 2 is 1.43 bits per heavy atom. The van der Waals surface area contributed by atoms with E-state index in [2.05, 4.69) is 20.3 Å². The summed E-state index contributed by atoms with van der Waals surface area (Å²) >= 11 is 0. The Bertz CT molecular complexity index is 1850. The third kappa shape index (κ3) is 15.4. The molecule has 5 rings (SSSR count). The van der Waals surface area contributed by atoms with E-state index in [1.807, 2.05) is 42.5 Å². The van der Waals surface area contributed by atoms with Crippen LogP contribution in [0, 0.1) is 17.8 Å². The summed E-state index contributed by atoms with van der Waals surface area (Å²) < 4.78 is 112. The largest absolute Gasteiger partial charge is 1.00 e. The summed E-state index contributed by atoms with van der Waals surface area (Å²) in [5.74, 6) is -0.816. The second kappa shape index (κ2) is 25.1. The molecule has 3 heterocycles. The predicted octanol–water partition coefficient (Wildman–Crippen LogP) is -9.89. The number of aliphatic hydroxyl groups is 7. The van der Waals surface area contributed by atoms with Gasteiger partial charge in [0, 0.05) is 12.5 Å². The Morgan fingerprint density at radius 1 is 0.810 bits per heavy atom. The third-order valence-corrected chi connectivity index (χ3v) is 11.6. The molecular weight excluding hydrogens is 908 g/mol. The number of carbonyl (C=O) groups excluding carboxylic acids is 1. The Hall–Kier alpha value is -0.610. The van der Waals surface area contributed by atoms with Crippen molar-refractivity contribution in [3.8, 4) is 0 Å². The molecule has 4 fully saturated rings. The maximum Gasteiger partial charge on any atom is 1.00 e. The van der Waals surface area contributed by atoms with Crippen molar-refractivity contribution < 1.29 is 162 Å². The second-order valence-corrected chi connectivity index (χ2v) is 17.0. The first-order valence-corrected chi connectivity index (χ1v) is 21.8. The molecule has 8 N–H and O–H groups in total. The zero-order chi connectivity index (χ0) is 44.8. The van der Waals surface area contributed by atoms with E-state index in [0.717, 1.165) is 5.56 Å². The van der Waals surface area contributed by atoms with Gasteiger partial charge in [-0.05, 0) is 37.2 Å². The predicted molar refractivity (Wildman–Crippen MR) is 199 cm³/mol. The Labute approximate surface area is 408 Å². The van der Waals surface area contributed by atoms with E-state index in [9.17, 15) is 66.5 Å². The molecule has 3 saturated heterocycles. The van der Waals surface area contributed by atoms with Gasteiger partial charge in [0.25, 0.3) is 0 Å². The second-order valence-electron chi connectivity index (χ2n) is 15.0. The van der Waals surface area contributed by atoms with Gasteiger partial charge in [0.2, 0.25) is 26.7 Å². The minimum Gasteiger partial charge on any atom is -0.726 e. The fraction of sp³-hybridized carbons (Fsp3) is 0.694. The van der Waals surface area contributed by atoms with Gasteiger partial charge in [0.05, 0.1) is 25.9 Å². The van der Waals surface area contributed by atoms with E-state index in [1.165, 1.54) is 6.92 Å². The van der Waals surface area contributed by atoms with E-state index in [-0.39, 0.29) is 90.0 Å². The molecule has 0 aromatic heterocycles. The van der Waals surface area contributed by atoms with E-state index < -0.39 is 132 Å². The van der Waals surface area contributed by atoms with Crippen LogP contribution in [0.4, 0.5) is 0 Å². The van der Waals surface area contributed by atoms with Crippen molar-refractivity contribution in [2.45, 2.75) is 112 Å². The number of benzene rings is 1. The summed E-state index contributed by atoms with van der Waals surface area (Å²) in [6.07, 6.45) is -22.5. The van der Waals surface area contributed by atoms with Crippen molar-refractivity contribution in [3.63, 3.8) is 0 Å².